The lowest BCUT2D eigenvalue weighted by atomic mass is 10.1. The van der Waals surface area contributed by atoms with Crippen molar-refractivity contribution < 1.29 is 19.0 Å². The van der Waals surface area contributed by atoms with Crippen molar-refractivity contribution in [1.29, 1.82) is 0 Å². The van der Waals surface area contributed by atoms with Crippen molar-refractivity contribution in [3.63, 3.8) is 0 Å². The first-order chi connectivity index (χ1) is 19.0. The molecule has 6 nitrogen and oxygen atoms in total. The number of carbonyl (C=O) groups excluding carboxylic acids is 1. The monoisotopic (exact) mass is 570 g/mol. The fourth-order valence-corrected chi connectivity index (χ4v) is 4.46. The summed E-state index contributed by atoms with van der Waals surface area (Å²) in [5.41, 5.74) is 4.59. The summed E-state index contributed by atoms with van der Waals surface area (Å²) in [4.78, 5) is 12.7. The van der Waals surface area contributed by atoms with Gasteiger partial charge in [-0.2, -0.15) is 5.10 Å². The summed E-state index contributed by atoms with van der Waals surface area (Å²) < 4.78 is 17.4. The van der Waals surface area contributed by atoms with Gasteiger partial charge in [0.25, 0.3) is 5.91 Å². The SMILES string of the molecule is CCCCCCCCOc1c(Cl)cc(/C=N/NC(=O)c2ccc(OCc3ccccc3)c(OCC)c2)cc1Cl. The van der Waals surface area contributed by atoms with E-state index < -0.39 is 5.91 Å². The standard InChI is InChI=1S/C31H36Cl2N2O4/c1-3-5-6-7-8-12-17-38-30-26(32)18-24(19-27(30)33)21-34-35-31(36)25-15-16-28(29(20-25)37-4-2)39-22-23-13-10-9-11-14-23/h9-11,13-16,18-21H,3-8,12,17,22H2,1-2H3,(H,35,36)/b34-21+. The van der Waals surface area contributed by atoms with Gasteiger partial charge in [-0.1, -0.05) is 92.6 Å². The first kappa shape index (κ1) is 30.3. The Morgan fingerprint density at radius 2 is 1.56 bits per heavy atom. The van der Waals surface area contributed by atoms with Crippen molar-refractivity contribution in [2.45, 2.75) is 59.0 Å². The van der Waals surface area contributed by atoms with Gasteiger partial charge < -0.3 is 14.2 Å². The zero-order valence-electron chi connectivity index (χ0n) is 22.6. The molecule has 0 aromatic heterocycles. The minimum absolute atomic E-state index is 0.386. The molecule has 8 heteroatoms. The van der Waals surface area contributed by atoms with Gasteiger partial charge >= 0.3 is 0 Å². The lowest BCUT2D eigenvalue weighted by molar-refractivity contribution is 0.0954. The lowest BCUT2D eigenvalue weighted by Gasteiger charge is -2.13. The Morgan fingerprint density at radius 3 is 2.28 bits per heavy atom. The van der Waals surface area contributed by atoms with Crippen LogP contribution in [-0.4, -0.2) is 25.3 Å². The highest BCUT2D eigenvalue weighted by molar-refractivity contribution is 6.37. The summed E-state index contributed by atoms with van der Waals surface area (Å²) in [5.74, 6) is 1.12. The first-order valence-corrected chi connectivity index (χ1v) is 14.2. The average Bonchev–Trinajstić information content (AvgIpc) is 2.93. The van der Waals surface area contributed by atoms with Crippen LogP contribution in [0.15, 0.2) is 65.8 Å². The van der Waals surface area contributed by atoms with E-state index in [1.165, 1.54) is 31.9 Å². The van der Waals surface area contributed by atoms with Gasteiger partial charge in [0.2, 0.25) is 0 Å². The Hall–Kier alpha value is -3.22. The van der Waals surface area contributed by atoms with Crippen LogP contribution in [-0.2, 0) is 6.61 Å². The van der Waals surface area contributed by atoms with Crippen LogP contribution in [0.2, 0.25) is 10.0 Å². The van der Waals surface area contributed by atoms with Crippen LogP contribution in [0, 0.1) is 0 Å². The lowest BCUT2D eigenvalue weighted by Crippen LogP contribution is -2.17. The number of halogens is 2. The average molecular weight is 572 g/mol. The van der Waals surface area contributed by atoms with Crippen LogP contribution >= 0.6 is 23.2 Å². The van der Waals surface area contributed by atoms with Gasteiger partial charge in [-0.3, -0.25) is 4.79 Å². The van der Waals surface area contributed by atoms with E-state index >= 15 is 0 Å². The Bertz CT molecular complexity index is 1200. The zero-order chi connectivity index (χ0) is 27.9. The molecule has 0 saturated carbocycles. The Balaban J connectivity index is 1.55. The molecular weight excluding hydrogens is 535 g/mol. The highest BCUT2D eigenvalue weighted by Crippen LogP contribution is 2.34. The number of nitrogens with one attached hydrogen (secondary N) is 1. The van der Waals surface area contributed by atoms with Crippen LogP contribution < -0.4 is 19.6 Å². The van der Waals surface area contributed by atoms with E-state index in [1.54, 1.807) is 30.3 Å². The number of hydrogen-bond acceptors (Lipinski definition) is 5. The molecule has 39 heavy (non-hydrogen) atoms. The highest BCUT2D eigenvalue weighted by Gasteiger charge is 2.13. The summed E-state index contributed by atoms with van der Waals surface area (Å²) in [6, 6.07) is 18.3. The van der Waals surface area contributed by atoms with E-state index in [0.29, 0.717) is 58.2 Å². The number of ether oxygens (including phenoxy) is 3. The quantitative estimate of drug-likeness (QED) is 0.106. The minimum Gasteiger partial charge on any atom is -0.490 e. The van der Waals surface area contributed by atoms with Crippen LogP contribution in [0.5, 0.6) is 17.2 Å². The molecule has 0 atom stereocenters. The molecule has 0 unspecified atom stereocenters. The van der Waals surface area contributed by atoms with Gasteiger partial charge in [-0.05, 0) is 54.8 Å². The van der Waals surface area contributed by atoms with Crippen molar-refractivity contribution in [1.82, 2.24) is 5.43 Å². The molecule has 0 heterocycles. The van der Waals surface area contributed by atoms with Gasteiger partial charge in [0.1, 0.15) is 6.61 Å². The summed E-state index contributed by atoms with van der Waals surface area (Å²) >= 11 is 12.8. The Kier molecular flexibility index (Phi) is 13.0. The fraction of sp³-hybridized carbons (Fsp3) is 0.355. The molecule has 1 amide bonds. The number of unbranched alkanes of at least 4 members (excludes halogenated alkanes) is 5. The van der Waals surface area contributed by atoms with E-state index in [1.807, 2.05) is 37.3 Å². The Morgan fingerprint density at radius 1 is 0.846 bits per heavy atom. The van der Waals surface area contributed by atoms with Crippen molar-refractivity contribution in [3.05, 3.63) is 87.4 Å². The van der Waals surface area contributed by atoms with Gasteiger partial charge in [0, 0.05) is 5.56 Å². The van der Waals surface area contributed by atoms with Crippen LogP contribution in [0.1, 0.15) is 73.9 Å². The van der Waals surface area contributed by atoms with E-state index in [-0.39, 0.29) is 0 Å². The van der Waals surface area contributed by atoms with Gasteiger partial charge in [-0.25, -0.2) is 5.43 Å². The summed E-state index contributed by atoms with van der Waals surface area (Å²) in [5, 5.41) is 4.85. The number of nitrogens with zero attached hydrogens (tertiary/aromatic N) is 1. The van der Waals surface area contributed by atoms with Crippen molar-refractivity contribution in [3.8, 4) is 17.2 Å². The molecule has 0 saturated heterocycles. The van der Waals surface area contributed by atoms with Gasteiger partial charge in [-0.15, -0.1) is 0 Å². The number of hydrogen-bond donors (Lipinski definition) is 1. The summed E-state index contributed by atoms with van der Waals surface area (Å²) in [7, 11) is 0. The van der Waals surface area contributed by atoms with Crippen molar-refractivity contribution >= 4 is 35.3 Å². The number of rotatable bonds is 16. The van der Waals surface area contributed by atoms with Crippen molar-refractivity contribution in [2.75, 3.05) is 13.2 Å². The fourth-order valence-electron chi connectivity index (χ4n) is 3.85. The molecule has 0 fully saturated rings. The number of carbonyl (C=O) groups is 1. The topological polar surface area (TPSA) is 69.2 Å². The third kappa shape index (κ3) is 10.1. The van der Waals surface area contributed by atoms with Crippen LogP contribution in [0.3, 0.4) is 0 Å². The number of amides is 1. The predicted molar refractivity (Wildman–Crippen MR) is 159 cm³/mol. The second kappa shape index (κ2) is 16.7. The van der Waals surface area contributed by atoms with Crippen molar-refractivity contribution in [2.24, 2.45) is 5.10 Å². The van der Waals surface area contributed by atoms with E-state index in [9.17, 15) is 4.79 Å². The second-order valence-corrected chi connectivity index (χ2v) is 9.81. The summed E-state index contributed by atoms with van der Waals surface area (Å²) in [6.07, 6.45) is 8.52. The van der Waals surface area contributed by atoms with Gasteiger partial charge in [0.05, 0.1) is 29.5 Å². The molecule has 0 radical (unpaired) electrons. The largest absolute Gasteiger partial charge is 0.490 e. The molecule has 0 aliphatic rings. The predicted octanol–water partition coefficient (Wildman–Crippen LogP) is 8.47. The third-order valence-electron chi connectivity index (χ3n) is 5.89. The zero-order valence-corrected chi connectivity index (χ0v) is 24.1. The summed E-state index contributed by atoms with van der Waals surface area (Å²) in [6.45, 7) is 5.47. The van der Waals surface area contributed by atoms with Crippen LogP contribution in [0.25, 0.3) is 0 Å². The number of benzene rings is 3. The normalized spacial score (nSPS) is 11.0. The molecule has 0 aliphatic carbocycles. The third-order valence-corrected chi connectivity index (χ3v) is 6.45. The molecule has 0 bridgehead atoms. The second-order valence-electron chi connectivity index (χ2n) is 9.00. The van der Waals surface area contributed by atoms with E-state index in [0.717, 1.165) is 18.4 Å². The molecule has 0 spiro atoms. The molecule has 1 N–H and O–H groups in total. The van der Waals surface area contributed by atoms with Crippen LogP contribution in [0.4, 0.5) is 0 Å². The maximum atomic E-state index is 12.7. The molecule has 3 rings (SSSR count). The molecular formula is C31H36Cl2N2O4. The highest BCUT2D eigenvalue weighted by atomic mass is 35.5. The molecule has 3 aromatic rings. The van der Waals surface area contributed by atoms with E-state index in [4.69, 9.17) is 37.4 Å². The smallest absolute Gasteiger partial charge is 0.271 e. The Labute approximate surface area is 241 Å². The maximum absolute atomic E-state index is 12.7. The minimum atomic E-state index is -0.391. The van der Waals surface area contributed by atoms with Gasteiger partial charge in [0.15, 0.2) is 17.2 Å². The molecule has 3 aromatic carbocycles. The maximum Gasteiger partial charge on any atom is 0.271 e. The number of hydrazone groups is 1. The molecule has 208 valence electrons. The van der Waals surface area contributed by atoms with E-state index in [2.05, 4.69) is 17.5 Å². The molecule has 0 aliphatic heterocycles. The first-order valence-electron chi connectivity index (χ1n) is 13.4.